The first-order valence-corrected chi connectivity index (χ1v) is 6.17. The monoisotopic (exact) mass is 217 g/mol. The third kappa shape index (κ3) is 1.29. The molecule has 0 radical (unpaired) electrons. The maximum Gasteiger partial charge on any atom is 0.0581 e. The van der Waals surface area contributed by atoms with Crippen LogP contribution >= 0.6 is 0 Å². The van der Waals surface area contributed by atoms with Gasteiger partial charge >= 0.3 is 0 Å². The summed E-state index contributed by atoms with van der Waals surface area (Å²) in [6.07, 6.45) is 1.17. The van der Waals surface area contributed by atoms with Gasteiger partial charge in [-0.05, 0) is 31.9 Å². The molecule has 0 N–H and O–H groups in total. The van der Waals surface area contributed by atoms with Crippen LogP contribution in [0.25, 0.3) is 0 Å². The van der Waals surface area contributed by atoms with Crippen molar-refractivity contribution in [3.8, 4) is 0 Å². The van der Waals surface area contributed by atoms with Gasteiger partial charge in [-0.2, -0.15) is 0 Å². The van der Waals surface area contributed by atoms with Gasteiger partial charge in [0.15, 0.2) is 0 Å². The molecule has 0 aromatic heterocycles. The predicted molar refractivity (Wildman–Crippen MR) is 66.0 cm³/mol. The average Bonchev–Trinajstić information content (AvgIpc) is 2.87. The van der Waals surface area contributed by atoms with Crippen LogP contribution in [0.1, 0.15) is 25.8 Å². The summed E-state index contributed by atoms with van der Waals surface area (Å²) in [6.45, 7) is 7.48. The van der Waals surface area contributed by atoms with Crippen molar-refractivity contribution in [1.82, 2.24) is 0 Å². The molecule has 1 spiro atoms. The average molecular weight is 217 g/mol. The Morgan fingerprint density at radius 1 is 1.31 bits per heavy atom. The molecule has 1 unspecified atom stereocenters. The number of rotatable bonds is 1. The summed E-state index contributed by atoms with van der Waals surface area (Å²) in [5.41, 5.74) is 3.20. The highest BCUT2D eigenvalue weighted by molar-refractivity contribution is 5.63. The van der Waals surface area contributed by atoms with Gasteiger partial charge in [0, 0.05) is 30.3 Å². The number of hydrogen-bond donors (Lipinski definition) is 0. The van der Waals surface area contributed by atoms with E-state index < -0.39 is 0 Å². The summed E-state index contributed by atoms with van der Waals surface area (Å²) < 4.78 is 5.64. The van der Waals surface area contributed by atoms with E-state index in [1.807, 2.05) is 0 Å². The quantitative estimate of drug-likeness (QED) is 0.717. The second-order valence-corrected chi connectivity index (χ2v) is 5.32. The van der Waals surface area contributed by atoms with Gasteiger partial charge in [0.25, 0.3) is 0 Å². The topological polar surface area (TPSA) is 12.5 Å². The molecular formula is C14H19NO. The minimum Gasteiger partial charge on any atom is -0.380 e. The van der Waals surface area contributed by atoms with Gasteiger partial charge in [-0.1, -0.05) is 18.2 Å². The Kier molecular flexibility index (Phi) is 2.21. The van der Waals surface area contributed by atoms with Crippen LogP contribution < -0.4 is 4.90 Å². The van der Waals surface area contributed by atoms with Gasteiger partial charge in [-0.25, -0.2) is 0 Å². The molecule has 1 atom stereocenters. The molecule has 1 fully saturated rings. The fourth-order valence-electron chi connectivity index (χ4n) is 3.07. The highest BCUT2D eigenvalue weighted by Gasteiger charge is 2.45. The van der Waals surface area contributed by atoms with E-state index in [1.165, 1.54) is 17.7 Å². The summed E-state index contributed by atoms with van der Waals surface area (Å²) in [5.74, 6) is 0. The van der Waals surface area contributed by atoms with Crippen molar-refractivity contribution < 1.29 is 4.74 Å². The van der Waals surface area contributed by atoms with E-state index in [0.717, 1.165) is 19.8 Å². The molecule has 0 amide bonds. The molecule has 1 saturated heterocycles. The largest absolute Gasteiger partial charge is 0.380 e. The highest BCUT2D eigenvalue weighted by Crippen LogP contribution is 2.46. The lowest BCUT2D eigenvalue weighted by Gasteiger charge is -2.27. The Balaban J connectivity index is 2.08. The molecule has 0 bridgehead atoms. The lowest BCUT2D eigenvalue weighted by Crippen LogP contribution is -2.37. The van der Waals surface area contributed by atoms with Crippen molar-refractivity contribution in [1.29, 1.82) is 0 Å². The maximum atomic E-state index is 5.64. The first kappa shape index (κ1) is 10.2. The number of fused-ring (bicyclic) bond motifs is 2. The van der Waals surface area contributed by atoms with E-state index in [9.17, 15) is 0 Å². The number of ether oxygens (including phenoxy) is 1. The molecule has 2 heterocycles. The second-order valence-electron chi connectivity index (χ2n) is 5.32. The molecule has 1 aromatic rings. The molecular weight excluding hydrogens is 198 g/mol. The number of para-hydroxylation sites is 1. The van der Waals surface area contributed by atoms with Crippen LogP contribution in [-0.2, 0) is 10.2 Å². The summed E-state index contributed by atoms with van der Waals surface area (Å²) >= 11 is 0. The smallest absolute Gasteiger partial charge is 0.0581 e. The molecule has 2 aliphatic heterocycles. The Morgan fingerprint density at radius 2 is 2.12 bits per heavy atom. The first-order chi connectivity index (χ1) is 7.73. The van der Waals surface area contributed by atoms with E-state index >= 15 is 0 Å². The van der Waals surface area contributed by atoms with Gasteiger partial charge in [-0.15, -0.1) is 0 Å². The lowest BCUT2D eigenvalue weighted by molar-refractivity contribution is 0.179. The van der Waals surface area contributed by atoms with Gasteiger partial charge in [0.1, 0.15) is 0 Å². The summed E-state index contributed by atoms with van der Waals surface area (Å²) in [7, 11) is 0. The fraction of sp³-hybridized carbons (Fsp3) is 0.571. The summed E-state index contributed by atoms with van der Waals surface area (Å²) in [5, 5.41) is 0. The third-order valence-electron chi connectivity index (χ3n) is 3.98. The molecule has 0 saturated carbocycles. The second kappa shape index (κ2) is 3.49. The van der Waals surface area contributed by atoms with E-state index in [2.05, 4.69) is 43.0 Å². The standard InChI is InChI=1S/C14H19NO/c1-11(2)15-9-14(7-8-16-10-14)12-5-3-4-6-13(12)15/h3-6,11H,7-10H2,1-2H3. The summed E-state index contributed by atoms with van der Waals surface area (Å²) in [4.78, 5) is 2.52. The third-order valence-corrected chi connectivity index (χ3v) is 3.98. The fourth-order valence-corrected chi connectivity index (χ4v) is 3.07. The van der Waals surface area contributed by atoms with E-state index in [-0.39, 0.29) is 5.41 Å². The van der Waals surface area contributed by atoms with Crippen LogP contribution in [0, 0.1) is 0 Å². The van der Waals surface area contributed by atoms with Crippen LogP contribution in [0.3, 0.4) is 0 Å². The zero-order valence-corrected chi connectivity index (χ0v) is 10.1. The molecule has 0 aliphatic carbocycles. The Hall–Kier alpha value is -1.02. The van der Waals surface area contributed by atoms with Crippen LogP contribution in [-0.4, -0.2) is 25.8 Å². The van der Waals surface area contributed by atoms with Gasteiger partial charge < -0.3 is 9.64 Å². The molecule has 2 aliphatic rings. The van der Waals surface area contributed by atoms with Crippen molar-refractivity contribution >= 4 is 5.69 Å². The zero-order valence-electron chi connectivity index (χ0n) is 10.1. The highest BCUT2D eigenvalue weighted by atomic mass is 16.5. The minimum atomic E-state index is 0.279. The molecule has 86 valence electrons. The van der Waals surface area contributed by atoms with Crippen molar-refractivity contribution in [2.24, 2.45) is 0 Å². The lowest BCUT2D eigenvalue weighted by atomic mass is 9.82. The maximum absolute atomic E-state index is 5.64. The molecule has 1 aromatic carbocycles. The van der Waals surface area contributed by atoms with Crippen LogP contribution in [0.15, 0.2) is 24.3 Å². The van der Waals surface area contributed by atoms with Crippen molar-refractivity contribution in [3.63, 3.8) is 0 Å². The van der Waals surface area contributed by atoms with Crippen molar-refractivity contribution in [3.05, 3.63) is 29.8 Å². The van der Waals surface area contributed by atoms with Crippen molar-refractivity contribution in [2.45, 2.75) is 31.7 Å². The Morgan fingerprint density at radius 3 is 2.81 bits per heavy atom. The minimum absolute atomic E-state index is 0.279. The molecule has 2 nitrogen and oxygen atoms in total. The number of anilines is 1. The van der Waals surface area contributed by atoms with Crippen LogP contribution in [0.2, 0.25) is 0 Å². The predicted octanol–water partition coefficient (Wildman–Crippen LogP) is 2.57. The number of benzene rings is 1. The van der Waals surface area contributed by atoms with Crippen LogP contribution in [0.4, 0.5) is 5.69 Å². The molecule has 2 heteroatoms. The summed E-state index contributed by atoms with van der Waals surface area (Å²) in [6, 6.07) is 9.40. The van der Waals surface area contributed by atoms with Crippen molar-refractivity contribution in [2.75, 3.05) is 24.7 Å². The van der Waals surface area contributed by atoms with Gasteiger partial charge in [-0.3, -0.25) is 0 Å². The van der Waals surface area contributed by atoms with E-state index in [1.54, 1.807) is 0 Å². The van der Waals surface area contributed by atoms with E-state index in [0.29, 0.717) is 6.04 Å². The normalized spacial score (nSPS) is 28.1. The Bertz CT molecular complexity index is 393. The Labute approximate surface area is 97.2 Å². The van der Waals surface area contributed by atoms with E-state index in [4.69, 9.17) is 4.74 Å². The number of hydrogen-bond acceptors (Lipinski definition) is 2. The van der Waals surface area contributed by atoms with Gasteiger partial charge in [0.05, 0.1) is 6.61 Å². The molecule has 16 heavy (non-hydrogen) atoms. The van der Waals surface area contributed by atoms with Crippen LogP contribution in [0.5, 0.6) is 0 Å². The SMILES string of the molecule is CC(C)N1CC2(CCOC2)c2ccccc21. The van der Waals surface area contributed by atoms with Gasteiger partial charge in [0.2, 0.25) is 0 Å². The molecule has 3 rings (SSSR count). The zero-order chi connectivity index (χ0) is 11.2. The first-order valence-electron chi connectivity index (χ1n) is 6.17. The number of nitrogens with zero attached hydrogens (tertiary/aromatic N) is 1.